The van der Waals surface area contributed by atoms with Crippen LogP contribution in [0, 0.1) is 13.8 Å². The number of aryl methyl sites for hydroxylation is 2. The molecule has 0 saturated carbocycles. The van der Waals surface area contributed by atoms with Gasteiger partial charge in [-0.05, 0) is 43.7 Å². The van der Waals surface area contributed by atoms with E-state index in [-0.39, 0.29) is 0 Å². The van der Waals surface area contributed by atoms with Crippen molar-refractivity contribution in [1.29, 1.82) is 0 Å². The van der Waals surface area contributed by atoms with E-state index in [2.05, 4.69) is 21.6 Å². The van der Waals surface area contributed by atoms with E-state index < -0.39 is 0 Å². The molecule has 0 amide bonds. The minimum absolute atomic E-state index is 0.676. The number of ether oxygens (including phenoxy) is 1. The lowest BCUT2D eigenvalue weighted by molar-refractivity contribution is 0.415. The molecule has 5 heteroatoms. The van der Waals surface area contributed by atoms with E-state index in [4.69, 9.17) is 4.74 Å². The maximum Gasteiger partial charge on any atom is 0.229 e. The van der Waals surface area contributed by atoms with Crippen molar-refractivity contribution >= 4 is 12.7 Å². The molecular formula is C17H18N4O. The zero-order valence-electron chi connectivity index (χ0n) is 12.9. The predicted molar refractivity (Wildman–Crippen MR) is 86.5 cm³/mol. The largest absolute Gasteiger partial charge is 0.497 e. The summed E-state index contributed by atoms with van der Waals surface area (Å²) in [5.41, 5.74) is 3.03. The first kappa shape index (κ1) is 14.1. The van der Waals surface area contributed by atoms with Crippen LogP contribution in [-0.4, -0.2) is 26.9 Å². The molecule has 0 radical (unpaired) electrons. The van der Waals surface area contributed by atoms with Crippen LogP contribution < -0.4 is 15.4 Å². The van der Waals surface area contributed by atoms with E-state index in [0.29, 0.717) is 5.95 Å². The maximum atomic E-state index is 5.16. The van der Waals surface area contributed by atoms with Crippen LogP contribution in [0.15, 0.2) is 30.3 Å². The van der Waals surface area contributed by atoms with E-state index in [1.807, 2.05) is 50.3 Å². The lowest BCUT2D eigenvalue weighted by Gasteiger charge is -1.98. The number of rotatable bonds is 3. The SMILES string of the molecule is C=c1[nH]c(-n2nc(C)cc2C)nc1=Cc1ccc(OC)cc1. The summed E-state index contributed by atoms with van der Waals surface area (Å²) in [5, 5.41) is 5.99. The molecule has 0 atom stereocenters. The van der Waals surface area contributed by atoms with Gasteiger partial charge in [0, 0.05) is 5.69 Å². The third-order valence-corrected chi connectivity index (χ3v) is 3.43. The number of hydrogen-bond acceptors (Lipinski definition) is 3. The molecule has 0 aliphatic rings. The van der Waals surface area contributed by atoms with Gasteiger partial charge in [0.05, 0.1) is 23.5 Å². The van der Waals surface area contributed by atoms with Gasteiger partial charge in [-0.1, -0.05) is 18.7 Å². The van der Waals surface area contributed by atoms with Gasteiger partial charge in [0.1, 0.15) is 5.75 Å². The van der Waals surface area contributed by atoms with Gasteiger partial charge in [-0.25, -0.2) is 9.67 Å². The third-order valence-electron chi connectivity index (χ3n) is 3.43. The number of nitrogens with zero attached hydrogens (tertiary/aromatic N) is 3. The Morgan fingerprint density at radius 2 is 1.95 bits per heavy atom. The highest BCUT2D eigenvalue weighted by Crippen LogP contribution is 2.11. The van der Waals surface area contributed by atoms with Crippen molar-refractivity contribution in [3.63, 3.8) is 0 Å². The Kier molecular flexibility index (Phi) is 3.55. The highest BCUT2D eigenvalue weighted by atomic mass is 16.5. The molecule has 0 aliphatic heterocycles. The third kappa shape index (κ3) is 2.65. The molecule has 2 aromatic heterocycles. The number of nitrogens with one attached hydrogen (secondary N) is 1. The van der Waals surface area contributed by atoms with E-state index in [0.717, 1.165) is 33.4 Å². The lowest BCUT2D eigenvalue weighted by Crippen LogP contribution is -2.22. The van der Waals surface area contributed by atoms with E-state index >= 15 is 0 Å². The van der Waals surface area contributed by atoms with E-state index in [1.165, 1.54) is 0 Å². The first-order valence-electron chi connectivity index (χ1n) is 7.01. The Morgan fingerprint density at radius 1 is 1.23 bits per heavy atom. The van der Waals surface area contributed by atoms with Gasteiger partial charge >= 0.3 is 0 Å². The zero-order chi connectivity index (χ0) is 15.7. The summed E-state index contributed by atoms with van der Waals surface area (Å²) >= 11 is 0. The van der Waals surface area contributed by atoms with Crippen molar-refractivity contribution in [2.75, 3.05) is 7.11 Å². The first-order valence-corrected chi connectivity index (χ1v) is 7.01. The molecule has 0 unspecified atom stereocenters. The Morgan fingerprint density at radius 3 is 2.55 bits per heavy atom. The topological polar surface area (TPSA) is 55.7 Å². The van der Waals surface area contributed by atoms with Gasteiger partial charge in [0.15, 0.2) is 0 Å². The molecule has 112 valence electrons. The number of H-pyrrole nitrogens is 1. The van der Waals surface area contributed by atoms with Crippen molar-refractivity contribution in [1.82, 2.24) is 19.7 Å². The zero-order valence-corrected chi connectivity index (χ0v) is 12.9. The van der Waals surface area contributed by atoms with Crippen LogP contribution in [0.25, 0.3) is 18.6 Å². The van der Waals surface area contributed by atoms with Gasteiger partial charge in [0.25, 0.3) is 0 Å². The van der Waals surface area contributed by atoms with Crippen molar-refractivity contribution in [2.24, 2.45) is 0 Å². The summed E-state index contributed by atoms with van der Waals surface area (Å²) in [6.45, 7) is 7.98. The second-order valence-corrected chi connectivity index (χ2v) is 5.18. The predicted octanol–water partition coefficient (Wildman–Crippen LogP) is 1.46. The Hall–Kier alpha value is -2.82. The molecule has 3 aromatic rings. The summed E-state index contributed by atoms with van der Waals surface area (Å²) in [7, 11) is 1.65. The number of aromatic amines is 1. The fourth-order valence-corrected chi connectivity index (χ4v) is 2.33. The minimum atomic E-state index is 0.676. The smallest absolute Gasteiger partial charge is 0.229 e. The van der Waals surface area contributed by atoms with Crippen molar-refractivity contribution in [3.05, 3.63) is 58.0 Å². The fraction of sp³-hybridized carbons (Fsp3) is 0.176. The van der Waals surface area contributed by atoms with Crippen molar-refractivity contribution in [2.45, 2.75) is 13.8 Å². The summed E-state index contributed by atoms with van der Waals surface area (Å²) in [6, 6.07) is 9.82. The van der Waals surface area contributed by atoms with Crippen LogP contribution in [0.2, 0.25) is 0 Å². The molecule has 3 rings (SSSR count). The van der Waals surface area contributed by atoms with Crippen LogP contribution >= 0.6 is 0 Å². The van der Waals surface area contributed by atoms with Crippen LogP contribution in [0.3, 0.4) is 0 Å². The Balaban J connectivity index is 2.03. The van der Waals surface area contributed by atoms with Gasteiger partial charge in [-0.15, -0.1) is 0 Å². The van der Waals surface area contributed by atoms with E-state index in [1.54, 1.807) is 11.8 Å². The average molecular weight is 294 g/mol. The van der Waals surface area contributed by atoms with Crippen LogP contribution in [-0.2, 0) is 0 Å². The molecular weight excluding hydrogens is 276 g/mol. The van der Waals surface area contributed by atoms with Crippen molar-refractivity contribution in [3.8, 4) is 11.7 Å². The quantitative estimate of drug-likeness (QED) is 0.795. The lowest BCUT2D eigenvalue weighted by atomic mass is 10.2. The monoisotopic (exact) mass is 294 g/mol. The van der Waals surface area contributed by atoms with Crippen LogP contribution in [0.4, 0.5) is 0 Å². The molecule has 0 bridgehead atoms. The fourth-order valence-electron chi connectivity index (χ4n) is 2.33. The second-order valence-electron chi connectivity index (χ2n) is 5.18. The van der Waals surface area contributed by atoms with Gasteiger partial charge in [-0.2, -0.15) is 5.10 Å². The summed E-state index contributed by atoms with van der Waals surface area (Å²) in [4.78, 5) is 7.77. The van der Waals surface area contributed by atoms with Gasteiger partial charge in [-0.3, -0.25) is 0 Å². The van der Waals surface area contributed by atoms with E-state index in [9.17, 15) is 0 Å². The minimum Gasteiger partial charge on any atom is -0.497 e. The standard InChI is InChI=1S/C17H18N4O/c1-11-9-12(2)21(20-11)17-18-13(3)16(19-17)10-14-5-7-15(22-4)8-6-14/h5-10H,3H2,1-2,4H3,(H,18,19). The van der Waals surface area contributed by atoms with Crippen LogP contribution in [0.1, 0.15) is 17.0 Å². The maximum absolute atomic E-state index is 5.16. The number of imidazole rings is 1. The van der Waals surface area contributed by atoms with Gasteiger partial charge in [0.2, 0.25) is 5.95 Å². The first-order chi connectivity index (χ1) is 10.6. The summed E-state index contributed by atoms with van der Waals surface area (Å²) in [6.07, 6.45) is 1.98. The van der Waals surface area contributed by atoms with Crippen molar-refractivity contribution < 1.29 is 4.74 Å². The molecule has 0 spiro atoms. The normalized spacial score (nSPS) is 11.9. The van der Waals surface area contributed by atoms with Crippen LogP contribution in [0.5, 0.6) is 5.75 Å². The number of benzene rings is 1. The number of hydrogen-bond donors (Lipinski definition) is 1. The summed E-state index contributed by atoms with van der Waals surface area (Å²) in [5.74, 6) is 1.51. The molecule has 5 nitrogen and oxygen atoms in total. The van der Waals surface area contributed by atoms with Gasteiger partial charge < -0.3 is 9.72 Å². The highest BCUT2D eigenvalue weighted by Gasteiger charge is 2.06. The summed E-state index contributed by atoms with van der Waals surface area (Å²) < 4.78 is 6.95. The molecule has 0 aliphatic carbocycles. The molecule has 2 heterocycles. The average Bonchev–Trinajstić information content (AvgIpc) is 3.02. The Labute approximate surface area is 128 Å². The Bertz CT molecular complexity index is 903. The molecule has 1 N–H and O–H groups in total. The second kappa shape index (κ2) is 5.52. The number of aromatic nitrogens is 4. The molecule has 22 heavy (non-hydrogen) atoms. The molecule has 0 fully saturated rings. The molecule has 1 aromatic carbocycles. The number of methoxy groups -OCH3 is 1. The molecule has 0 saturated heterocycles. The highest BCUT2D eigenvalue weighted by molar-refractivity contribution is 5.50.